The topological polar surface area (TPSA) is 73.8 Å². The van der Waals surface area contributed by atoms with Gasteiger partial charge >= 0.3 is 6.03 Å². The van der Waals surface area contributed by atoms with Gasteiger partial charge in [-0.15, -0.1) is 0 Å². The molecule has 1 N–H and O–H groups in total. The van der Waals surface area contributed by atoms with Gasteiger partial charge in [0.25, 0.3) is 0 Å². The molecule has 2 aromatic rings. The van der Waals surface area contributed by atoms with Crippen molar-refractivity contribution in [3.05, 3.63) is 41.6 Å². The number of rotatable bonds is 3. The molecular weight excluding hydrogens is 394 g/mol. The van der Waals surface area contributed by atoms with Crippen molar-refractivity contribution < 1.29 is 18.3 Å². The molecule has 2 amide bonds. The highest BCUT2D eigenvalue weighted by Crippen LogP contribution is 2.21. The molecule has 1 aromatic carbocycles. The van der Waals surface area contributed by atoms with E-state index in [9.17, 15) is 13.6 Å². The van der Waals surface area contributed by atoms with E-state index in [1.54, 1.807) is 4.90 Å². The maximum absolute atomic E-state index is 13.8. The number of hydrogen-bond donors (Lipinski definition) is 1. The fourth-order valence-electron chi connectivity index (χ4n) is 3.55. The first-order chi connectivity index (χ1) is 14.5. The van der Waals surface area contributed by atoms with Crippen molar-refractivity contribution >= 4 is 23.5 Å². The molecular formula is C20H24F2N6O2. The minimum Gasteiger partial charge on any atom is -0.378 e. The summed E-state index contributed by atoms with van der Waals surface area (Å²) < 4.78 is 33.0. The van der Waals surface area contributed by atoms with Crippen LogP contribution in [0.25, 0.3) is 0 Å². The van der Waals surface area contributed by atoms with Gasteiger partial charge in [-0.1, -0.05) is 6.07 Å². The summed E-state index contributed by atoms with van der Waals surface area (Å²) >= 11 is 0. The van der Waals surface area contributed by atoms with E-state index in [1.165, 1.54) is 6.07 Å². The van der Waals surface area contributed by atoms with Crippen LogP contribution in [0.15, 0.2) is 24.3 Å². The third-order valence-electron chi connectivity index (χ3n) is 5.21. The Balaban J connectivity index is 1.39. The van der Waals surface area contributed by atoms with Crippen LogP contribution in [0.2, 0.25) is 0 Å². The third-order valence-corrected chi connectivity index (χ3v) is 5.21. The molecule has 3 heterocycles. The number of benzene rings is 1. The van der Waals surface area contributed by atoms with Crippen molar-refractivity contribution in [1.82, 2.24) is 14.9 Å². The van der Waals surface area contributed by atoms with E-state index >= 15 is 0 Å². The number of amides is 2. The minimum absolute atomic E-state index is 0.415. The Bertz CT molecular complexity index is 894. The van der Waals surface area contributed by atoms with Crippen molar-refractivity contribution in [3.8, 4) is 0 Å². The van der Waals surface area contributed by atoms with Crippen molar-refractivity contribution in [3.63, 3.8) is 0 Å². The van der Waals surface area contributed by atoms with Crippen molar-refractivity contribution in [2.24, 2.45) is 0 Å². The predicted octanol–water partition coefficient (Wildman–Crippen LogP) is 2.25. The van der Waals surface area contributed by atoms with Gasteiger partial charge in [-0.25, -0.2) is 18.6 Å². The minimum atomic E-state index is -0.797. The Kier molecular flexibility index (Phi) is 5.93. The lowest BCUT2D eigenvalue weighted by Gasteiger charge is -2.36. The molecule has 0 spiro atoms. The summed E-state index contributed by atoms with van der Waals surface area (Å²) in [5, 5.41) is 2.34. The van der Waals surface area contributed by atoms with E-state index in [2.05, 4.69) is 20.1 Å². The summed E-state index contributed by atoms with van der Waals surface area (Å²) in [6.07, 6.45) is 0. The molecule has 0 aliphatic carbocycles. The monoisotopic (exact) mass is 418 g/mol. The van der Waals surface area contributed by atoms with Gasteiger partial charge < -0.3 is 24.8 Å². The van der Waals surface area contributed by atoms with Gasteiger partial charge in [-0.3, -0.25) is 0 Å². The molecule has 1 aromatic heterocycles. The number of urea groups is 1. The number of ether oxygens (including phenoxy) is 1. The SMILES string of the molecule is Cc1cc(N2CCN(C(=O)Nc3c(F)cccc3F)CC2)nc(N2CCOCC2)n1. The van der Waals surface area contributed by atoms with Gasteiger partial charge in [0.05, 0.1) is 13.2 Å². The van der Waals surface area contributed by atoms with E-state index in [1.807, 2.05) is 13.0 Å². The van der Waals surface area contributed by atoms with Crippen molar-refractivity contribution in [2.45, 2.75) is 6.92 Å². The molecule has 160 valence electrons. The second-order valence-electron chi connectivity index (χ2n) is 7.27. The number of halogens is 2. The third kappa shape index (κ3) is 4.43. The first kappa shape index (κ1) is 20.3. The molecule has 0 saturated carbocycles. The molecule has 0 bridgehead atoms. The van der Waals surface area contributed by atoms with Crippen LogP contribution >= 0.6 is 0 Å². The molecule has 0 radical (unpaired) electrons. The van der Waals surface area contributed by atoms with Crippen LogP contribution in [0.1, 0.15) is 5.69 Å². The Labute approximate surface area is 173 Å². The number of carbonyl (C=O) groups excluding carboxylic acids is 1. The molecule has 2 fully saturated rings. The zero-order valence-corrected chi connectivity index (χ0v) is 16.8. The van der Waals surface area contributed by atoms with Crippen molar-refractivity contribution in [1.29, 1.82) is 0 Å². The van der Waals surface area contributed by atoms with Gasteiger partial charge in [0.15, 0.2) is 0 Å². The first-order valence-corrected chi connectivity index (χ1v) is 9.94. The number of nitrogens with one attached hydrogen (secondary N) is 1. The molecule has 30 heavy (non-hydrogen) atoms. The summed E-state index contributed by atoms with van der Waals surface area (Å²) in [6, 6.07) is 4.88. The van der Waals surface area contributed by atoms with Gasteiger partial charge in [-0.05, 0) is 19.1 Å². The number of aryl methyl sites for hydroxylation is 1. The molecule has 0 atom stereocenters. The second kappa shape index (κ2) is 8.78. The zero-order chi connectivity index (χ0) is 21.1. The molecule has 8 nitrogen and oxygen atoms in total. The average molecular weight is 418 g/mol. The Hall–Kier alpha value is -3.01. The van der Waals surface area contributed by atoms with E-state index in [-0.39, 0.29) is 0 Å². The number of morpholine rings is 1. The fraction of sp³-hybridized carbons (Fsp3) is 0.450. The number of aromatic nitrogens is 2. The standard InChI is InChI=1S/C20H24F2N6O2/c1-14-13-17(24-19(23-14)27-9-11-30-12-10-27)26-5-7-28(8-6-26)20(29)25-18-15(21)3-2-4-16(18)22/h2-4,13H,5-12H2,1H3,(H,25,29). The van der Waals surface area contributed by atoms with Gasteiger partial charge in [0.1, 0.15) is 23.1 Å². The van der Waals surface area contributed by atoms with E-state index in [0.29, 0.717) is 45.3 Å². The lowest BCUT2D eigenvalue weighted by molar-refractivity contribution is 0.122. The molecule has 0 unspecified atom stereocenters. The van der Waals surface area contributed by atoms with Crippen LogP contribution in [0.5, 0.6) is 0 Å². The predicted molar refractivity (Wildman–Crippen MR) is 109 cm³/mol. The lowest BCUT2D eigenvalue weighted by Crippen LogP contribution is -2.50. The van der Waals surface area contributed by atoms with Gasteiger partial charge in [0, 0.05) is 51.0 Å². The Morgan fingerprint density at radius 1 is 1.00 bits per heavy atom. The fourth-order valence-corrected chi connectivity index (χ4v) is 3.55. The number of anilines is 3. The molecule has 4 rings (SSSR count). The quantitative estimate of drug-likeness (QED) is 0.824. The molecule has 2 saturated heterocycles. The number of nitrogens with zero attached hydrogens (tertiary/aromatic N) is 5. The number of piperazine rings is 1. The van der Waals surface area contributed by atoms with Gasteiger partial charge in [-0.2, -0.15) is 4.98 Å². The zero-order valence-electron chi connectivity index (χ0n) is 16.8. The summed E-state index contributed by atoms with van der Waals surface area (Å²) in [6.45, 7) is 6.70. The summed E-state index contributed by atoms with van der Waals surface area (Å²) in [5.74, 6) is -0.101. The normalized spacial score (nSPS) is 17.2. The van der Waals surface area contributed by atoms with E-state index < -0.39 is 23.4 Å². The maximum Gasteiger partial charge on any atom is 0.322 e. The second-order valence-corrected chi connectivity index (χ2v) is 7.27. The lowest BCUT2D eigenvalue weighted by atomic mass is 10.3. The van der Waals surface area contributed by atoms with Crippen molar-refractivity contribution in [2.75, 3.05) is 67.6 Å². The Morgan fingerprint density at radius 2 is 1.67 bits per heavy atom. The Morgan fingerprint density at radius 3 is 2.33 bits per heavy atom. The highest BCUT2D eigenvalue weighted by Gasteiger charge is 2.25. The molecule has 2 aliphatic heterocycles. The summed E-state index contributed by atoms with van der Waals surface area (Å²) in [7, 11) is 0. The summed E-state index contributed by atoms with van der Waals surface area (Å²) in [4.78, 5) is 27.4. The first-order valence-electron chi connectivity index (χ1n) is 9.94. The highest BCUT2D eigenvalue weighted by molar-refractivity contribution is 5.89. The van der Waals surface area contributed by atoms with E-state index in [4.69, 9.17) is 9.72 Å². The van der Waals surface area contributed by atoms with Crippen LogP contribution in [0.4, 0.5) is 31.0 Å². The number of para-hydroxylation sites is 1. The maximum atomic E-state index is 13.8. The molecule has 10 heteroatoms. The average Bonchev–Trinajstić information content (AvgIpc) is 2.76. The van der Waals surface area contributed by atoms with Crippen LogP contribution in [-0.2, 0) is 4.74 Å². The van der Waals surface area contributed by atoms with Crippen LogP contribution in [0, 0.1) is 18.6 Å². The largest absolute Gasteiger partial charge is 0.378 e. The smallest absolute Gasteiger partial charge is 0.322 e. The number of hydrogen-bond acceptors (Lipinski definition) is 6. The van der Waals surface area contributed by atoms with Crippen LogP contribution in [-0.4, -0.2) is 73.4 Å². The molecule has 2 aliphatic rings. The summed E-state index contributed by atoms with van der Waals surface area (Å²) in [5.41, 5.74) is 0.447. The van der Waals surface area contributed by atoms with Crippen LogP contribution in [0.3, 0.4) is 0 Å². The number of carbonyl (C=O) groups is 1. The van der Waals surface area contributed by atoms with Gasteiger partial charge in [0.2, 0.25) is 5.95 Å². The van der Waals surface area contributed by atoms with Crippen LogP contribution < -0.4 is 15.1 Å². The van der Waals surface area contributed by atoms with E-state index in [0.717, 1.165) is 36.7 Å². The highest BCUT2D eigenvalue weighted by atomic mass is 19.1.